The first-order valence-corrected chi connectivity index (χ1v) is 3.96. The Morgan fingerprint density at radius 2 is 2.29 bits per heavy atom. The molecule has 1 aliphatic heterocycles. The molecular weight excluding hydrogens is 188 g/mol. The minimum absolute atomic E-state index is 0.0249. The normalized spacial score (nSPS) is 24.6. The molecule has 0 saturated carbocycles. The van der Waals surface area contributed by atoms with Gasteiger partial charge in [0.1, 0.15) is 5.75 Å². The quantitative estimate of drug-likeness (QED) is 0.418. The van der Waals surface area contributed by atoms with Crippen LogP contribution in [0, 0.1) is 10.1 Å². The van der Waals surface area contributed by atoms with Gasteiger partial charge in [0.2, 0.25) is 0 Å². The number of nitrogens with one attached hydrogen (secondary N) is 1. The molecule has 1 unspecified atom stereocenters. The van der Waals surface area contributed by atoms with Crippen molar-refractivity contribution in [1.29, 1.82) is 0 Å². The molecule has 1 aromatic carbocycles. The van der Waals surface area contributed by atoms with Crippen LogP contribution in [0.4, 0.5) is 5.69 Å². The molecule has 1 atom stereocenters. The number of aromatic hydroxyl groups is 1. The Morgan fingerprint density at radius 1 is 1.64 bits per heavy atom. The Hall–Kier alpha value is -1.66. The second-order valence-electron chi connectivity index (χ2n) is 3.20. The molecule has 1 heterocycles. The molecule has 0 radical (unpaired) electrons. The lowest BCUT2D eigenvalue weighted by molar-refractivity contribution is -0.385. The lowest BCUT2D eigenvalue weighted by atomic mass is 10.1. The number of phenols is 1. The SMILES string of the molecule is CC1(c2cc([N+](=O)[O-])ccc2O)NO1. The molecule has 0 amide bonds. The maximum absolute atomic E-state index is 10.5. The fourth-order valence-electron chi connectivity index (χ4n) is 1.21. The summed E-state index contributed by atoms with van der Waals surface area (Å²) in [5.41, 5.74) is 2.05. The number of hydrogen-bond acceptors (Lipinski definition) is 5. The van der Waals surface area contributed by atoms with Crippen LogP contribution in [0.25, 0.3) is 0 Å². The summed E-state index contributed by atoms with van der Waals surface area (Å²) >= 11 is 0. The fourth-order valence-corrected chi connectivity index (χ4v) is 1.21. The third kappa shape index (κ3) is 1.30. The number of hydroxylamine groups is 1. The Labute approximate surface area is 79.2 Å². The molecule has 1 aliphatic rings. The average Bonchev–Trinajstić information content (AvgIpc) is 2.85. The summed E-state index contributed by atoms with van der Waals surface area (Å²) < 4.78 is 0. The molecule has 1 aromatic rings. The van der Waals surface area contributed by atoms with Gasteiger partial charge in [-0.3, -0.25) is 15.0 Å². The summed E-state index contributed by atoms with van der Waals surface area (Å²) in [5, 5.41) is 19.9. The maximum atomic E-state index is 10.5. The van der Waals surface area contributed by atoms with Gasteiger partial charge in [-0.2, -0.15) is 5.48 Å². The van der Waals surface area contributed by atoms with Crippen molar-refractivity contribution in [3.8, 4) is 5.75 Å². The highest BCUT2D eigenvalue weighted by atomic mass is 16.8. The van der Waals surface area contributed by atoms with Crippen LogP contribution in [0.15, 0.2) is 18.2 Å². The summed E-state index contributed by atoms with van der Waals surface area (Å²) in [4.78, 5) is 14.8. The van der Waals surface area contributed by atoms with Crippen LogP contribution < -0.4 is 5.48 Å². The molecule has 0 bridgehead atoms. The van der Waals surface area contributed by atoms with Gasteiger partial charge in [-0.1, -0.05) is 0 Å². The Morgan fingerprint density at radius 3 is 2.79 bits per heavy atom. The molecule has 0 aliphatic carbocycles. The third-order valence-electron chi connectivity index (χ3n) is 2.11. The summed E-state index contributed by atoms with van der Waals surface area (Å²) in [6.07, 6.45) is 0. The van der Waals surface area contributed by atoms with Crippen LogP contribution in [0.3, 0.4) is 0 Å². The Kier molecular flexibility index (Phi) is 1.70. The minimum Gasteiger partial charge on any atom is -0.507 e. The summed E-state index contributed by atoms with van der Waals surface area (Å²) in [6, 6.07) is 3.81. The molecule has 2 rings (SSSR count). The van der Waals surface area contributed by atoms with Gasteiger partial charge >= 0.3 is 0 Å². The first kappa shape index (κ1) is 8.92. The van der Waals surface area contributed by atoms with Crippen LogP contribution in [0.5, 0.6) is 5.75 Å². The summed E-state index contributed by atoms with van der Waals surface area (Å²) in [5.74, 6) is -0.0249. The van der Waals surface area contributed by atoms with Crippen LogP contribution in [0.2, 0.25) is 0 Å². The third-order valence-corrected chi connectivity index (χ3v) is 2.11. The number of nitro groups is 1. The van der Waals surface area contributed by atoms with E-state index < -0.39 is 10.6 Å². The zero-order chi connectivity index (χ0) is 10.3. The minimum atomic E-state index is -0.796. The fraction of sp³-hybridized carbons (Fsp3) is 0.250. The van der Waals surface area contributed by atoms with E-state index in [1.807, 2.05) is 0 Å². The largest absolute Gasteiger partial charge is 0.507 e. The molecule has 0 spiro atoms. The van der Waals surface area contributed by atoms with Crippen LogP contribution in [0.1, 0.15) is 12.5 Å². The highest BCUT2D eigenvalue weighted by Gasteiger charge is 2.44. The lowest BCUT2D eigenvalue weighted by Gasteiger charge is -2.05. The smallest absolute Gasteiger partial charge is 0.270 e. The standard InChI is InChI=1S/C8H8N2O4/c1-8(9-14-8)6-4-5(10(12)13)2-3-7(6)11/h2-4,9,11H,1H3. The van der Waals surface area contributed by atoms with Gasteiger partial charge in [0.25, 0.3) is 5.69 Å². The second kappa shape index (κ2) is 2.66. The van der Waals surface area contributed by atoms with Crippen molar-refractivity contribution >= 4 is 5.69 Å². The molecule has 14 heavy (non-hydrogen) atoms. The number of non-ortho nitro benzene ring substituents is 1. The van der Waals surface area contributed by atoms with Gasteiger partial charge in [-0.05, 0) is 13.0 Å². The van der Waals surface area contributed by atoms with Crippen molar-refractivity contribution in [2.24, 2.45) is 0 Å². The topological polar surface area (TPSA) is 97.8 Å². The average molecular weight is 196 g/mol. The lowest BCUT2D eigenvalue weighted by Crippen LogP contribution is -2.07. The zero-order valence-corrected chi connectivity index (χ0v) is 7.35. The number of nitrogens with zero attached hydrogens (tertiary/aromatic N) is 1. The van der Waals surface area contributed by atoms with Gasteiger partial charge < -0.3 is 5.11 Å². The number of rotatable bonds is 2. The molecule has 6 nitrogen and oxygen atoms in total. The van der Waals surface area contributed by atoms with E-state index in [1.165, 1.54) is 18.2 Å². The summed E-state index contributed by atoms with van der Waals surface area (Å²) in [7, 11) is 0. The van der Waals surface area contributed by atoms with Crippen LogP contribution in [-0.4, -0.2) is 10.0 Å². The van der Waals surface area contributed by atoms with Gasteiger partial charge in [-0.25, -0.2) is 0 Å². The summed E-state index contributed by atoms with van der Waals surface area (Å²) in [6.45, 7) is 1.67. The van der Waals surface area contributed by atoms with Gasteiger partial charge in [0.15, 0.2) is 5.72 Å². The zero-order valence-electron chi connectivity index (χ0n) is 7.35. The molecule has 1 fully saturated rings. The molecule has 74 valence electrons. The first-order valence-electron chi connectivity index (χ1n) is 3.96. The van der Waals surface area contributed by atoms with Crippen molar-refractivity contribution in [3.05, 3.63) is 33.9 Å². The highest BCUT2D eigenvalue weighted by Crippen LogP contribution is 2.38. The maximum Gasteiger partial charge on any atom is 0.270 e. The van der Waals surface area contributed by atoms with E-state index in [4.69, 9.17) is 4.84 Å². The van der Waals surface area contributed by atoms with Crippen molar-refractivity contribution in [1.82, 2.24) is 5.48 Å². The first-order chi connectivity index (χ1) is 6.53. The van der Waals surface area contributed by atoms with Gasteiger partial charge in [0.05, 0.1) is 10.5 Å². The molecule has 1 saturated heterocycles. The van der Waals surface area contributed by atoms with Crippen LogP contribution >= 0.6 is 0 Å². The van der Waals surface area contributed by atoms with E-state index in [-0.39, 0.29) is 11.4 Å². The van der Waals surface area contributed by atoms with Gasteiger partial charge in [-0.15, -0.1) is 0 Å². The van der Waals surface area contributed by atoms with E-state index >= 15 is 0 Å². The van der Waals surface area contributed by atoms with Crippen molar-refractivity contribution in [3.63, 3.8) is 0 Å². The van der Waals surface area contributed by atoms with E-state index in [0.29, 0.717) is 5.56 Å². The highest BCUT2D eigenvalue weighted by molar-refractivity contribution is 5.46. The van der Waals surface area contributed by atoms with Crippen molar-refractivity contribution in [2.45, 2.75) is 12.6 Å². The predicted octanol–water partition coefficient (Wildman–Crippen LogP) is 1.01. The number of nitro benzene ring substituents is 1. The monoisotopic (exact) mass is 196 g/mol. The van der Waals surface area contributed by atoms with Crippen LogP contribution in [-0.2, 0) is 10.6 Å². The van der Waals surface area contributed by atoms with E-state index in [0.717, 1.165) is 0 Å². The Bertz CT molecular complexity index is 400. The Balaban J connectivity index is 2.48. The molecule has 2 N–H and O–H groups in total. The number of hydrogen-bond donors (Lipinski definition) is 2. The number of phenolic OH excluding ortho intramolecular Hbond substituents is 1. The van der Waals surface area contributed by atoms with E-state index in [1.54, 1.807) is 6.92 Å². The predicted molar refractivity (Wildman–Crippen MR) is 46.3 cm³/mol. The molecular formula is C8H8N2O4. The van der Waals surface area contributed by atoms with Crippen molar-refractivity contribution < 1.29 is 14.9 Å². The second-order valence-corrected chi connectivity index (χ2v) is 3.20. The van der Waals surface area contributed by atoms with Crippen molar-refractivity contribution in [2.75, 3.05) is 0 Å². The molecule has 6 heteroatoms. The number of benzene rings is 1. The molecule has 0 aromatic heterocycles. The van der Waals surface area contributed by atoms with E-state index in [9.17, 15) is 15.2 Å². The van der Waals surface area contributed by atoms with E-state index in [2.05, 4.69) is 5.48 Å². The van der Waals surface area contributed by atoms with Gasteiger partial charge in [0, 0.05) is 12.1 Å².